The molecule has 16 heavy (non-hydrogen) atoms. The van der Waals surface area contributed by atoms with Crippen molar-refractivity contribution in [3.05, 3.63) is 35.4 Å². The Kier molecular flexibility index (Phi) is 3.57. The van der Waals surface area contributed by atoms with Gasteiger partial charge in [-0.15, -0.1) is 0 Å². The predicted octanol–water partition coefficient (Wildman–Crippen LogP) is 1.90. The van der Waals surface area contributed by atoms with Crippen molar-refractivity contribution in [1.82, 2.24) is 5.32 Å². The first-order chi connectivity index (χ1) is 7.75. The lowest BCUT2D eigenvalue weighted by atomic mass is 10.1. The highest BCUT2D eigenvalue weighted by Crippen LogP contribution is 2.12. The fraction of sp³-hybridized carbons (Fsp3) is 0.462. The van der Waals surface area contributed by atoms with Crippen molar-refractivity contribution in [3.8, 4) is 0 Å². The molecule has 1 heterocycles. The van der Waals surface area contributed by atoms with Crippen LogP contribution in [-0.2, 0) is 4.74 Å². The number of ether oxygens (including phenoxy) is 1. The molecule has 0 radical (unpaired) electrons. The third-order valence-electron chi connectivity index (χ3n) is 2.81. The minimum atomic E-state index is -0.199. The first kappa shape index (κ1) is 11.1. The molecule has 1 fully saturated rings. The second-order valence-corrected chi connectivity index (χ2v) is 4.22. The maximum Gasteiger partial charge on any atom is 0.338 e. The molecule has 3 heteroatoms. The summed E-state index contributed by atoms with van der Waals surface area (Å²) in [5.41, 5.74) is 1.73. The van der Waals surface area contributed by atoms with Crippen molar-refractivity contribution in [2.24, 2.45) is 0 Å². The molecule has 1 aromatic carbocycles. The van der Waals surface area contributed by atoms with Crippen LogP contribution >= 0.6 is 0 Å². The van der Waals surface area contributed by atoms with E-state index in [1.807, 2.05) is 25.1 Å². The predicted molar refractivity (Wildman–Crippen MR) is 62.5 cm³/mol. The zero-order chi connectivity index (χ0) is 11.4. The first-order valence-electron chi connectivity index (χ1n) is 5.74. The maximum atomic E-state index is 11.8. The summed E-state index contributed by atoms with van der Waals surface area (Å²) in [4.78, 5) is 11.8. The number of benzene rings is 1. The fourth-order valence-electron chi connectivity index (χ4n) is 1.90. The molecule has 1 saturated heterocycles. The van der Waals surface area contributed by atoms with Crippen molar-refractivity contribution in [3.63, 3.8) is 0 Å². The summed E-state index contributed by atoms with van der Waals surface area (Å²) < 4.78 is 5.45. The molecule has 0 unspecified atom stereocenters. The van der Waals surface area contributed by atoms with Crippen LogP contribution in [0.1, 0.15) is 28.8 Å². The van der Waals surface area contributed by atoms with Gasteiger partial charge in [-0.1, -0.05) is 17.7 Å². The Labute approximate surface area is 95.8 Å². The van der Waals surface area contributed by atoms with E-state index in [2.05, 4.69) is 5.32 Å². The molecular formula is C13H17NO2. The van der Waals surface area contributed by atoms with Crippen molar-refractivity contribution in [2.45, 2.75) is 25.9 Å². The standard InChI is InChI=1S/C13H17NO2/c1-10-3-2-4-11(9-10)13(15)16-12-5-7-14-8-6-12/h2-4,9,12,14H,5-8H2,1H3. The Morgan fingerprint density at radius 3 is 2.81 bits per heavy atom. The van der Waals surface area contributed by atoms with Crippen LogP contribution in [0.4, 0.5) is 0 Å². The van der Waals surface area contributed by atoms with Crippen molar-refractivity contribution in [1.29, 1.82) is 0 Å². The van der Waals surface area contributed by atoms with Crippen molar-refractivity contribution < 1.29 is 9.53 Å². The van der Waals surface area contributed by atoms with Crippen LogP contribution in [0.2, 0.25) is 0 Å². The summed E-state index contributed by atoms with van der Waals surface area (Å²) in [6.45, 7) is 3.85. The number of hydrogen-bond donors (Lipinski definition) is 1. The highest BCUT2D eigenvalue weighted by atomic mass is 16.5. The largest absolute Gasteiger partial charge is 0.459 e. The van der Waals surface area contributed by atoms with Gasteiger partial charge in [0.05, 0.1) is 5.56 Å². The van der Waals surface area contributed by atoms with Gasteiger partial charge in [-0.05, 0) is 45.0 Å². The van der Waals surface area contributed by atoms with Gasteiger partial charge in [0, 0.05) is 0 Å². The Bertz CT molecular complexity index is 370. The zero-order valence-corrected chi connectivity index (χ0v) is 9.53. The lowest BCUT2D eigenvalue weighted by molar-refractivity contribution is 0.0229. The second-order valence-electron chi connectivity index (χ2n) is 4.22. The third kappa shape index (κ3) is 2.83. The van der Waals surface area contributed by atoms with E-state index >= 15 is 0 Å². The van der Waals surface area contributed by atoms with Gasteiger partial charge in [0.2, 0.25) is 0 Å². The molecule has 0 saturated carbocycles. The Balaban J connectivity index is 1.97. The molecule has 1 aromatic rings. The van der Waals surface area contributed by atoms with Crippen LogP contribution in [0.3, 0.4) is 0 Å². The molecule has 0 spiro atoms. The van der Waals surface area contributed by atoms with E-state index in [-0.39, 0.29) is 12.1 Å². The van der Waals surface area contributed by atoms with Crippen LogP contribution < -0.4 is 5.32 Å². The molecule has 0 atom stereocenters. The third-order valence-corrected chi connectivity index (χ3v) is 2.81. The summed E-state index contributed by atoms with van der Waals surface area (Å²) in [7, 11) is 0. The van der Waals surface area contributed by atoms with Gasteiger partial charge in [0.1, 0.15) is 6.10 Å². The lowest BCUT2D eigenvalue weighted by Gasteiger charge is -2.22. The number of piperidine rings is 1. The summed E-state index contributed by atoms with van der Waals surface area (Å²) in [6, 6.07) is 7.52. The lowest BCUT2D eigenvalue weighted by Crippen LogP contribution is -2.33. The van der Waals surface area contributed by atoms with Crippen molar-refractivity contribution in [2.75, 3.05) is 13.1 Å². The molecule has 0 aromatic heterocycles. The summed E-state index contributed by atoms with van der Waals surface area (Å²) in [5, 5.41) is 3.25. The normalized spacial score (nSPS) is 17.1. The summed E-state index contributed by atoms with van der Waals surface area (Å²) in [6.07, 6.45) is 1.91. The maximum absolute atomic E-state index is 11.8. The van der Waals surface area contributed by atoms with Crippen LogP contribution in [0.5, 0.6) is 0 Å². The van der Waals surface area contributed by atoms with Crippen LogP contribution in [0, 0.1) is 6.92 Å². The molecule has 3 nitrogen and oxygen atoms in total. The highest BCUT2D eigenvalue weighted by Gasteiger charge is 2.18. The van der Waals surface area contributed by atoms with Gasteiger partial charge < -0.3 is 10.1 Å². The van der Waals surface area contributed by atoms with E-state index in [0.717, 1.165) is 31.5 Å². The SMILES string of the molecule is Cc1cccc(C(=O)OC2CCNCC2)c1. The number of nitrogens with one attached hydrogen (secondary N) is 1. The number of rotatable bonds is 2. The van der Waals surface area contributed by atoms with E-state index in [0.29, 0.717) is 5.56 Å². The van der Waals surface area contributed by atoms with E-state index in [4.69, 9.17) is 4.74 Å². The average Bonchev–Trinajstić information content (AvgIpc) is 2.30. The van der Waals surface area contributed by atoms with E-state index in [9.17, 15) is 4.79 Å². The topological polar surface area (TPSA) is 38.3 Å². The van der Waals surface area contributed by atoms with Crippen LogP contribution in [0.25, 0.3) is 0 Å². The molecular weight excluding hydrogens is 202 g/mol. The van der Waals surface area contributed by atoms with Crippen LogP contribution in [-0.4, -0.2) is 25.2 Å². The number of carbonyl (C=O) groups is 1. The average molecular weight is 219 g/mol. The van der Waals surface area contributed by atoms with Gasteiger partial charge in [0.25, 0.3) is 0 Å². The van der Waals surface area contributed by atoms with Gasteiger partial charge in [-0.25, -0.2) is 4.79 Å². The van der Waals surface area contributed by atoms with Crippen LogP contribution in [0.15, 0.2) is 24.3 Å². The Hall–Kier alpha value is -1.35. The van der Waals surface area contributed by atoms with E-state index < -0.39 is 0 Å². The molecule has 2 rings (SSSR count). The molecule has 1 aliphatic rings. The number of esters is 1. The van der Waals surface area contributed by atoms with E-state index in [1.165, 1.54) is 0 Å². The van der Waals surface area contributed by atoms with E-state index in [1.54, 1.807) is 6.07 Å². The zero-order valence-electron chi connectivity index (χ0n) is 9.53. The monoisotopic (exact) mass is 219 g/mol. The molecule has 0 amide bonds. The minimum Gasteiger partial charge on any atom is -0.459 e. The second kappa shape index (κ2) is 5.12. The van der Waals surface area contributed by atoms with Gasteiger partial charge in [0.15, 0.2) is 0 Å². The van der Waals surface area contributed by atoms with Gasteiger partial charge in [-0.3, -0.25) is 0 Å². The fourth-order valence-corrected chi connectivity index (χ4v) is 1.90. The number of aryl methyl sites for hydroxylation is 1. The molecule has 1 aliphatic heterocycles. The number of carbonyl (C=O) groups excluding carboxylic acids is 1. The molecule has 0 bridgehead atoms. The quantitative estimate of drug-likeness (QED) is 0.772. The Morgan fingerprint density at radius 2 is 2.12 bits per heavy atom. The van der Waals surface area contributed by atoms with Gasteiger partial charge >= 0.3 is 5.97 Å². The molecule has 1 N–H and O–H groups in total. The molecule has 86 valence electrons. The van der Waals surface area contributed by atoms with Crippen molar-refractivity contribution >= 4 is 5.97 Å². The summed E-state index contributed by atoms with van der Waals surface area (Å²) >= 11 is 0. The smallest absolute Gasteiger partial charge is 0.338 e. The first-order valence-corrected chi connectivity index (χ1v) is 5.74. The summed E-state index contributed by atoms with van der Waals surface area (Å²) in [5.74, 6) is -0.199. The van der Waals surface area contributed by atoms with Gasteiger partial charge in [-0.2, -0.15) is 0 Å². The minimum absolute atomic E-state index is 0.0780. The number of hydrogen-bond acceptors (Lipinski definition) is 3. The Morgan fingerprint density at radius 1 is 1.38 bits per heavy atom. The highest BCUT2D eigenvalue weighted by molar-refractivity contribution is 5.89. The molecule has 0 aliphatic carbocycles.